The number of benzene rings is 1. The minimum atomic E-state index is -1.21. The lowest BCUT2D eigenvalue weighted by molar-refractivity contribution is 0.0400. The normalized spacial score (nSPS) is 21.2. The van der Waals surface area contributed by atoms with Gasteiger partial charge in [0.25, 0.3) is 11.8 Å². The molecule has 2 amide bonds. The SMILES string of the molecule is C[C@H]1CC[C@@H](COCCO)C2CN1C(=O)c1c(O)c(=O)c(C(=O)NCc3c(F)cc(F)cc3F)cn12. The minimum absolute atomic E-state index is 0.119. The highest BCUT2D eigenvalue weighted by molar-refractivity contribution is 5.99. The van der Waals surface area contributed by atoms with Crippen molar-refractivity contribution in [1.82, 2.24) is 14.8 Å². The van der Waals surface area contributed by atoms with Crippen LogP contribution in [0, 0.1) is 23.4 Å². The van der Waals surface area contributed by atoms with Crippen molar-refractivity contribution in [2.75, 3.05) is 26.4 Å². The van der Waals surface area contributed by atoms with Crippen molar-refractivity contribution >= 4 is 11.8 Å². The van der Waals surface area contributed by atoms with Gasteiger partial charge in [-0.3, -0.25) is 14.4 Å². The minimum Gasteiger partial charge on any atom is -0.503 e. The second kappa shape index (κ2) is 10.3. The van der Waals surface area contributed by atoms with Gasteiger partial charge < -0.3 is 29.7 Å². The fourth-order valence-corrected chi connectivity index (χ4v) is 4.82. The van der Waals surface area contributed by atoms with Crippen molar-refractivity contribution in [2.24, 2.45) is 5.92 Å². The summed E-state index contributed by atoms with van der Waals surface area (Å²) in [6, 6.07) is 0.335. The Morgan fingerprint density at radius 3 is 2.56 bits per heavy atom. The Labute approximate surface area is 204 Å². The maximum Gasteiger partial charge on any atom is 0.274 e. The molecule has 12 heteroatoms. The number of aromatic hydroxyl groups is 1. The molecule has 0 radical (unpaired) electrons. The van der Waals surface area contributed by atoms with E-state index in [1.54, 1.807) is 4.90 Å². The molecule has 2 aromatic rings. The number of aromatic nitrogens is 1. The summed E-state index contributed by atoms with van der Waals surface area (Å²) in [5.74, 6) is -6.16. The molecule has 0 spiro atoms. The molecular formula is C24H26F3N3O6. The molecule has 0 aliphatic carbocycles. The van der Waals surface area contributed by atoms with Gasteiger partial charge in [-0.05, 0) is 19.8 Å². The molecule has 2 bridgehead atoms. The number of rotatable bonds is 7. The van der Waals surface area contributed by atoms with Crippen LogP contribution < -0.4 is 10.7 Å². The lowest BCUT2D eigenvalue weighted by atomic mass is 9.94. The predicted octanol–water partition coefficient (Wildman–Crippen LogP) is 1.71. The maximum absolute atomic E-state index is 13.9. The van der Waals surface area contributed by atoms with Crippen molar-refractivity contribution in [1.29, 1.82) is 0 Å². The molecule has 4 rings (SSSR count). The zero-order valence-corrected chi connectivity index (χ0v) is 19.5. The Balaban J connectivity index is 1.69. The van der Waals surface area contributed by atoms with Crippen LogP contribution in [-0.2, 0) is 11.3 Å². The van der Waals surface area contributed by atoms with E-state index in [2.05, 4.69) is 5.32 Å². The van der Waals surface area contributed by atoms with E-state index >= 15 is 0 Å². The number of aliphatic hydroxyl groups is 1. The van der Waals surface area contributed by atoms with Gasteiger partial charge in [0.2, 0.25) is 5.43 Å². The summed E-state index contributed by atoms with van der Waals surface area (Å²) in [7, 11) is 0. The lowest BCUT2D eigenvalue weighted by Gasteiger charge is -2.39. The van der Waals surface area contributed by atoms with Crippen LogP contribution in [0.4, 0.5) is 13.2 Å². The monoisotopic (exact) mass is 509 g/mol. The zero-order chi connectivity index (χ0) is 26.1. The van der Waals surface area contributed by atoms with Gasteiger partial charge in [0.15, 0.2) is 11.4 Å². The Hall–Kier alpha value is -3.38. The fourth-order valence-electron chi connectivity index (χ4n) is 4.82. The van der Waals surface area contributed by atoms with E-state index in [4.69, 9.17) is 9.84 Å². The number of amides is 2. The van der Waals surface area contributed by atoms with Gasteiger partial charge in [-0.1, -0.05) is 0 Å². The first-order chi connectivity index (χ1) is 17.1. The van der Waals surface area contributed by atoms with E-state index in [-0.39, 0.29) is 44.0 Å². The standard InChI is InChI=1S/C24H26F3N3O6/c1-12-2-3-13(11-36-5-4-31)19-10-29(12)24(35)20-22(33)21(32)16(9-30(19)20)23(34)28-8-15-17(26)6-14(25)7-18(15)27/h6-7,9,12-13,19,31,33H,2-5,8,10-11H2,1H3,(H,28,34)/t12-,13-,19?/m0/s1. The van der Waals surface area contributed by atoms with E-state index < -0.39 is 64.2 Å². The third-order valence-corrected chi connectivity index (χ3v) is 6.79. The fraction of sp³-hybridized carbons (Fsp3) is 0.458. The molecule has 2 aliphatic heterocycles. The second-order valence-corrected chi connectivity index (χ2v) is 9.02. The first-order valence-electron chi connectivity index (χ1n) is 11.5. The number of fused-ring (bicyclic) bond motifs is 4. The third kappa shape index (κ3) is 4.70. The molecule has 1 unspecified atom stereocenters. The summed E-state index contributed by atoms with van der Waals surface area (Å²) in [4.78, 5) is 40.4. The largest absolute Gasteiger partial charge is 0.503 e. The quantitative estimate of drug-likeness (QED) is 0.489. The van der Waals surface area contributed by atoms with Crippen molar-refractivity contribution in [3.63, 3.8) is 0 Å². The van der Waals surface area contributed by atoms with E-state index in [0.717, 1.165) is 0 Å². The molecular weight excluding hydrogens is 483 g/mol. The molecule has 1 fully saturated rings. The predicted molar refractivity (Wildman–Crippen MR) is 120 cm³/mol. The van der Waals surface area contributed by atoms with Crippen molar-refractivity contribution in [3.05, 3.63) is 62.8 Å². The highest BCUT2D eigenvalue weighted by atomic mass is 19.1. The third-order valence-electron chi connectivity index (χ3n) is 6.79. The summed E-state index contributed by atoms with van der Waals surface area (Å²) in [6.07, 6.45) is 2.47. The first kappa shape index (κ1) is 25.7. The second-order valence-electron chi connectivity index (χ2n) is 9.02. The highest BCUT2D eigenvalue weighted by Gasteiger charge is 2.42. The van der Waals surface area contributed by atoms with Gasteiger partial charge in [-0.25, -0.2) is 13.2 Å². The maximum atomic E-state index is 13.9. The molecule has 194 valence electrons. The Kier molecular flexibility index (Phi) is 7.36. The van der Waals surface area contributed by atoms with Crippen LogP contribution in [0.3, 0.4) is 0 Å². The Bertz CT molecular complexity index is 1230. The Morgan fingerprint density at radius 1 is 1.19 bits per heavy atom. The van der Waals surface area contributed by atoms with Gasteiger partial charge in [-0.15, -0.1) is 0 Å². The number of nitrogens with one attached hydrogen (secondary N) is 1. The molecule has 1 aromatic carbocycles. The number of hydrogen-bond donors (Lipinski definition) is 3. The van der Waals surface area contributed by atoms with Crippen LogP contribution in [0.15, 0.2) is 23.1 Å². The van der Waals surface area contributed by atoms with Gasteiger partial charge in [-0.2, -0.15) is 0 Å². The van der Waals surface area contributed by atoms with Crippen molar-refractivity contribution in [3.8, 4) is 5.75 Å². The number of nitrogens with zero attached hydrogens (tertiary/aromatic N) is 2. The number of aliphatic hydroxyl groups excluding tert-OH is 1. The van der Waals surface area contributed by atoms with Crippen LogP contribution in [0.2, 0.25) is 0 Å². The molecule has 1 aromatic heterocycles. The molecule has 9 nitrogen and oxygen atoms in total. The molecule has 0 saturated carbocycles. The van der Waals surface area contributed by atoms with Crippen LogP contribution in [0.25, 0.3) is 0 Å². The van der Waals surface area contributed by atoms with E-state index in [9.17, 15) is 32.7 Å². The van der Waals surface area contributed by atoms with Gasteiger partial charge in [0, 0.05) is 48.9 Å². The average molecular weight is 509 g/mol. The van der Waals surface area contributed by atoms with Crippen LogP contribution in [0.5, 0.6) is 5.75 Å². The van der Waals surface area contributed by atoms with E-state index in [1.807, 2.05) is 6.92 Å². The molecule has 3 heterocycles. The summed E-state index contributed by atoms with van der Waals surface area (Å²) < 4.78 is 48.0. The van der Waals surface area contributed by atoms with Crippen LogP contribution in [0.1, 0.15) is 52.2 Å². The summed E-state index contributed by atoms with van der Waals surface area (Å²) in [6.45, 7) is 1.65. The molecule has 3 atom stereocenters. The van der Waals surface area contributed by atoms with Crippen molar-refractivity contribution < 1.29 is 37.7 Å². The van der Waals surface area contributed by atoms with Crippen LogP contribution in [-0.4, -0.2) is 63.9 Å². The first-order valence-corrected chi connectivity index (χ1v) is 11.5. The number of ether oxygens (including phenoxy) is 1. The van der Waals surface area contributed by atoms with Gasteiger partial charge >= 0.3 is 0 Å². The number of pyridine rings is 1. The summed E-state index contributed by atoms with van der Waals surface area (Å²) >= 11 is 0. The molecule has 2 aliphatic rings. The lowest BCUT2D eigenvalue weighted by Crippen LogP contribution is -2.48. The highest BCUT2D eigenvalue weighted by Crippen LogP contribution is 2.37. The van der Waals surface area contributed by atoms with E-state index in [1.165, 1.54) is 10.8 Å². The molecule has 1 saturated heterocycles. The number of carbonyl (C=O) groups excluding carboxylic acids is 2. The zero-order valence-electron chi connectivity index (χ0n) is 19.5. The van der Waals surface area contributed by atoms with Gasteiger partial charge in [0.1, 0.15) is 23.0 Å². The Morgan fingerprint density at radius 2 is 1.89 bits per heavy atom. The number of carbonyl (C=O) groups is 2. The smallest absolute Gasteiger partial charge is 0.274 e. The molecule has 3 N–H and O–H groups in total. The summed E-state index contributed by atoms with van der Waals surface area (Å²) in [5.41, 5.74) is -2.47. The number of hydrogen-bond acceptors (Lipinski definition) is 6. The van der Waals surface area contributed by atoms with Crippen LogP contribution >= 0.6 is 0 Å². The number of halogens is 3. The average Bonchev–Trinajstić information content (AvgIpc) is 2.96. The van der Waals surface area contributed by atoms with Gasteiger partial charge in [0.05, 0.1) is 25.9 Å². The summed E-state index contributed by atoms with van der Waals surface area (Å²) in [5, 5.41) is 22.0. The van der Waals surface area contributed by atoms with Crippen molar-refractivity contribution in [2.45, 2.75) is 38.4 Å². The topological polar surface area (TPSA) is 121 Å². The molecule has 36 heavy (non-hydrogen) atoms. The van der Waals surface area contributed by atoms with E-state index in [0.29, 0.717) is 25.0 Å².